The zero-order chi connectivity index (χ0) is 20.1. The number of nitrogens with zero attached hydrogens (tertiary/aromatic N) is 4. The van der Waals surface area contributed by atoms with Gasteiger partial charge in [-0.25, -0.2) is 4.98 Å². The Kier molecular flexibility index (Phi) is 6.25. The van der Waals surface area contributed by atoms with Gasteiger partial charge in [-0.3, -0.25) is 4.57 Å². The summed E-state index contributed by atoms with van der Waals surface area (Å²) in [7, 11) is -2.43. The summed E-state index contributed by atoms with van der Waals surface area (Å²) < 4.78 is 23.7. The van der Waals surface area contributed by atoms with Crippen molar-refractivity contribution < 1.29 is 23.8 Å². The highest BCUT2D eigenvalue weighted by molar-refractivity contribution is 7.51. The minimum Gasteiger partial charge on any atom is -0.463 e. The Bertz CT molecular complexity index is 1010. The van der Waals surface area contributed by atoms with Crippen LogP contribution in [0, 0.1) is 0 Å². The molecule has 1 aromatic carbocycles. The predicted molar refractivity (Wildman–Crippen MR) is 103 cm³/mol. The number of rotatable bonds is 9. The number of ether oxygens (including phenoxy) is 1. The minimum absolute atomic E-state index is 0.00976. The van der Waals surface area contributed by atoms with Gasteiger partial charge in [0.15, 0.2) is 17.0 Å². The zero-order valence-corrected chi connectivity index (χ0v) is 16.2. The van der Waals surface area contributed by atoms with Crippen LogP contribution < -0.4 is 10.5 Å². The van der Waals surface area contributed by atoms with Gasteiger partial charge in [-0.2, -0.15) is 9.97 Å². The number of nitrogen functional groups attached to an aromatic ring is 1. The van der Waals surface area contributed by atoms with Crippen LogP contribution in [0.4, 0.5) is 5.82 Å². The average Bonchev–Trinajstić information content (AvgIpc) is 3.05. The molecule has 28 heavy (non-hydrogen) atoms. The second-order valence-corrected chi connectivity index (χ2v) is 8.12. The van der Waals surface area contributed by atoms with E-state index in [-0.39, 0.29) is 31.2 Å². The molecule has 3 rings (SSSR count). The van der Waals surface area contributed by atoms with Gasteiger partial charge in [-0.15, -0.1) is 0 Å². The first-order valence-corrected chi connectivity index (χ1v) is 10.4. The Balaban J connectivity index is 1.85. The van der Waals surface area contributed by atoms with Crippen LogP contribution in [0.25, 0.3) is 11.2 Å². The Hall–Kier alpha value is -2.52. The Morgan fingerprint density at radius 3 is 2.82 bits per heavy atom. The summed E-state index contributed by atoms with van der Waals surface area (Å²) in [5, 5.41) is 8.85. The molecule has 4 N–H and O–H groups in total. The number of hydrogen-bond acceptors (Lipinski definition) is 8. The minimum atomic E-state index is -3.64. The molecule has 0 amide bonds. The molecule has 0 aliphatic carbocycles. The van der Waals surface area contributed by atoms with Crippen molar-refractivity contribution >= 4 is 24.6 Å². The molecule has 0 spiro atoms. The normalized spacial score (nSPS) is 13.5. The summed E-state index contributed by atoms with van der Waals surface area (Å²) in [6.07, 6.45) is 2.00. The highest BCUT2D eigenvalue weighted by atomic mass is 31.2. The van der Waals surface area contributed by atoms with Gasteiger partial charge in [0.25, 0.3) is 0 Å². The summed E-state index contributed by atoms with van der Waals surface area (Å²) in [5.41, 5.74) is 8.51. The van der Waals surface area contributed by atoms with Gasteiger partial charge in [0.2, 0.25) is 0 Å². The molecule has 0 aliphatic heterocycles. The summed E-state index contributed by atoms with van der Waals surface area (Å²) in [5.74, 6) is 0.206. The first-order chi connectivity index (χ1) is 13.4. The van der Waals surface area contributed by atoms with E-state index in [0.717, 1.165) is 5.56 Å². The fraction of sp³-hybridized carbons (Fsp3) is 0.353. The van der Waals surface area contributed by atoms with Crippen LogP contribution in [0.15, 0.2) is 30.6 Å². The summed E-state index contributed by atoms with van der Waals surface area (Å²) in [6.45, 7) is 0.716. The monoisotopic (exact) mass is 407 g/mol. The maximum absolute atomic E-state index is 11.8. The molecular weight excluding hydrogens is 385 g/mol. The Morgan fingerprint density at radius 2 is 2.07 bits per heavy atom. The van der Waals surface area contributed by atoms with E-state index in [1.807, 2.05) is 18.2 Å². The van der Waals surface area contributed by atoms with E-state index in [1.54, 1.807) is 17.0 Å². The molecule has 0 radical (unpaired) electrons. The molecule has 0 saturated heterocycles. The first-order valence-electron chi connectivity index (χ1n) is 8.59. The maximum atomic E-state index is 11.8. The van der Waals surface area contributed by atoms with Crippen molar-refractivity contribution in [2.45, 2.75) is 19.1 Å². The highest BCUT2D eigenvalue weighted by Gasteiger charge is 2.18. The molecule has 2 heterocycles. The molecule has 150 valence electrons. The number of anilines is 1. The van der Waals surface area contributed by atoms with Gasteiger partial charge in [0, 0.05) is 20.1 Å². The van der Waals surface area contributed by atoms with Crippen LogP contribution in [-0.4, -0.2) is 49.8 Å². The zero-order valence-electron chi connectivity index (χ0n) is 15.4. The third-order valence-electron chi connectivity index (χ3n) is 4.02. The van der Waals surface area contributed by atoms with E-state index >= 15 is 0 Å². The SMILES string of the molecule is COP(=O)(O)Cc1cccc(Cn2cnc3c(N)nc(OCCCO)nc32)c1. The standard InChI is InChI=1S/C17H22N5O5P/c1-26-28(24,25)10-13-5-2-4-12(8-13)9-22-11-19-14-15(18)20-17(21-16(14)22)27-7-3-6-23/h2,4-5,8,11,23H,3,6-7,9-10H2,1H3,(H,24,25)(H2,18,20,21). The molecule has 1 unspecified atom stereocenters. The van der Waals surface area contributed by atoms with Gasteiger partial charge >= 0.3 is 13.6 Å². The van der Waals surface area contributed by atoms with Crippen LogP contribution >= 0.6 is 7.60 Å². The van der Waals surface area contributed by atoms with Crippen LogP contribution in [0.5, 0.6) is 6.01 Å². The fourth-order valence-corrected chi connectivity index (χ4v) is 3.46. The quantitative estimate of drug-likeness (QED) is 0.355. The first kappa shape index (κ1) is 20.2. The number of aliphatic hydroxyl groups is 1. The lowest BCUT2D eigenvalue weighted by Gasteiger charge is -2.11. The highest BCUT2D eigenvalue weighted by Crippen LogP contribution is 2.44. The third-order valence-corrected chi connectivity index (χ3v) is 5.35. The van der Waals surface area contributed by atoms with E-state index < -0.39 is 7.60 Å². The number of hydrogen-bond donors (Lipinski definition) is 3. The lowest BCUT2D eigenvalue weighted by Crippen LogP contribution is -2.07. The second-order valence-electron chi connectivity index (χ2n) is 6.16. The largest absolute Gasteiger partial charge is 0.463 e. The topological polar surface area (TPSA) is 146 Å². The maximum Gasteiger partial charge on any atom is 0.332 e. The molecule has 2 aromatic heterocycles. The molecule has 1 atom stereocenters. The van der Waals surface area contributed by atoms with Crippen LogP contribution in [0.1, 0.15) is 17.5 Å². The van der Waals surface area contributed by atoms with Crippen molar-refractivity contribution in [1.29, 1.82) is 0 Å². The van der Waals surface area contributed by atoms with Gasteiger partial charge in [-0.1, -0.05) is 24.3 Å². The number of benzene rings is 1. The van der Waals surface area contributed by atoms with Crippen molar-refractivity contribution in [3.8, 4) is 6.01 Å². The van der Waals surface area contributed by atoms with E-state index in [2.05, 4.69) is 19.5 Å². The molecule has 0 saturated carbocycles. The smallest absolute Gasteiger partial charge is 0.332 e. The number of aromatic nitrogens is 4. The van der Waals surface area contributed by atoms with Gasteiger partial charge in [0.1, 0.15) is 0 Å². The molecule has 11 heteroatoms. The van der Waals surface area contributed by atoms with Gasteiger partial charge in [0.05, 0.1) is 25.6 Å². The van der Waals surface area contributed by atoms with Crippen molar-refractivity contribution in [3.05, 3.63) is 41.7 Å². The van der Waals surface area contributed by atoms with Crippen molar-refractivity contribution in [1.82, 2.24) is 19.5 Å². The lowest BCUT2D eigenvalue weighted by atomic mass is 10.1. The molecule has 3 aromatic rings. The molecule has 0 fully saturated rings. The van der Waals surface area contributed by atoms with Crippen molar-refractivity contribution in [2.24, 2.45) is 0 Å². The number of aliphatic hydroxyl groups excluding tert-OH is 1. The van der Waals surface area contributed by atoms with E-state index in [1.165, 1.54) is 7.11 Å². The van der Waals surface area contributed by atoms with Crippen molar-refractivity contribution in [2.75, 3.05) is 26.1 Å². The Morgan fingerprint density at radius 1 is 1.29 bits per heavy atom. The van der Waals surface area contributed by atoms with Crippen LogP contribution in [0.3, 0.4) is 0 Å². The number of nitrogens with two attached hydrogens (primary N) is 1. The molecule has 0 aliphatic rings. The molecule has 0 bridgehead atoms. The average molecular weight is 407 g/mol. The van der Waals surface area contributed by atoms with Gasteiger partial charge in [-0.05, 0) is 11.1 Å². The lowest BCUT2D eigenvalue weighted by molar-refractivity contribution is 0.225. The summed E-state index contributed by atoms with van der Waals surface area (Å²) >= 11 is 0. The number of fused-ring (bicyclic) bond motifs is 1. The third kappa shape index (κ3) is 4.85. The van der Waals surface area contributed by atoms with E-state index in [9.17, 15) is 9.46 Å². The van der Waals surface area contributed by atoms with Crippen molar-refractivity contribution in [3.63, 3.8) is 0 Å². The van der Waals surface area contributed by atoms with E-state index in [4.69, 9.17) is 15.6 Å². The predicted octanol–water partition coefficient (Wildman–Crippen LogP) is 1.55. The van der Waals surface area contributed by atoms with E-state index in [0.29, 0.717) is 29.7 Å². The molecule has 10 nitrogen and oxygen atoms in total. The number of imidazole rings is 1. The Labute approximate surface area is 161 Å². The fourth-order valence-electron chi connectivity index (χ4n) is 2.67. The van der Waals surface area contributed by atoms with Crippen LogP contribution in [0.2, 0.25) is 0 Å². The second kappa shape index (κ2) is 8.66. The summed E-state index contributed by atoms with van der Waals surface area (Å²) in [4.78, 5) is 22.4. The van der Waals surface area contributed by atoms with Gasteiger partial charge < -0.3 is 29.6 Å². The summed E-state index contributed by atoms with van der Waals surface area (Å²) in [6, 6.07) is 7.43. The van der Waals surface area contributed by atoms with Crippen LogP contribution in [-0.2, 0) is 21.8 Å². The molecular formula is C17H22N5O5P.